The van der Waals surface area contributed by atoms with Gasteiger partial charge in [-0.05, 0) is 44.9 Å². The Hall–Kier alpha value is -2.52. The Kier molecular flexibility index (Phi) is 6.24. The van der Waals surface area contributed by atoms with Crippen LogP contribution in [0.25, 0.3) is 11.0 Å². The average Bonchev–Trinajstić information content (AvgIpc) is 3.23. The highest BCUT2D eigenvalue weighted by molar-refractivity contribution is 5.97. The van der Waals surface area contributed by atoms with Crippen LogP contribution in [0.1, 0.15) is 56.3 Å². The van der Waals surface area contributed by atoms with E-state index in [-0.39, 0.29) is 12.5 Å². The van der Waals surface area contributed by atoms with Gasteiger partial charge in [-0.2, -0.15) is 0 Å². The molecule has 2 fully saturated rings. The van der Waals surface area contributed by atoms with Gasteiger partial charge in [-0.1, -0.05) is 24.1 Å². The maximum atomic E-state index is 13.0. The molecule has 2 amide bonds. The zero-order valence-corrected chi connectivity index (χ0v) is 18.4. The molecule has 4 rings (SSSR count). The normalized spacial score (nSPS) is 19.0. The highest BCUT2D eigenvalue weighted by Crippen LogP contribution is 2.24. The minimum Gasteiger partial charge on any atom is -0.394 e. The summed E-state index contributed by atoms with van der Waals surface area (Å²) in [5.41, 5.74) is 0.804. The maximum Gasteiger partial charge on any atom is 0.359 e. The number of aliphatic hydroxyl groups excluding tert-OH is 1. The van der Waals surface area contributed by atoms with Crippen molar-refractivity contribution in [2.45, 2.75) is 57.5 Å². The smallest absolute Gasteiger partial charge is 0.359 e. The summed E-state index contributed by atoms with van der Waals surface area (Å²) in [4.78, 5) is 30.8. The molecule has 2 heterocycles. The number of carbonyl (C=O) groups excluding carboxylic acids is 2. The highest BCUT2D eigenvalue weighted by atomic mass is 16.3. The third-order valence-corrected chi connectivity index (χ3v) is 6.34. The van der Waals surface area contributed by atoms with E-state index in [0.717, 1.165) is 31.0 Å². The van der Waals surface area contributed by atoms with Crippen LogP contribution in [-0.2, 0) is 0 Å². The molecule has 2 aliphatic rings. The summed E-state index contributed by atoms with van der Waals surface area (Å²) >= 11 is 0. The Balaban J connectivity index is 1.41. The van der Waals surface area contributed by atoms with E-state index < -0.39 is 11.6 Å². The van der Waals surface area contributed by atoms with Gasteiger partial charge < -0.3 is 15.3 Å². The van der Waals surface area contributed by atoms with Gasteiger partial charge in [-0.3, -0.25) is 9.69 Å². The van der Waals surface area contributed by atoms with Crippen LogP contribution in [0, 0.1) is 0 Å². The van der Waals surface area contributed by atoms with Gasteiger partial charge in [-0.15, -0.1) is 10.2 Å². The minimum atomic E-state index is -0.780. The molecule has 31 heavy (non-hydrogen) atoms. The van der Waals surface area contributed by atoms with Crippen LogP contribution < -0.4 is 5.32 Å². The Morgan fingerprint density at radius 1 is 1.06 bits per heavy atom. The minimum absolute atomic E-state index is 0.00869. The molecule has 1 aliphatic heterocycles. The third kappa shape index (κ3) is 4.88. The Labute approximate surface area is 182 Å². The molecule has 2 aromatic rings. The zero-order chi connectivity index (χ0) is 22.0. The van der Waals surface area contributed by atoms with Crippen LogP contribution in [0.4, 0.5) is 4.79 Å². The number of nitrogens with zero attached hydrogens (tertiary/aromatic N) is 5. The van der Waals surface area contributed by atoms with Crippen molar-refractivity contribution in [1.82, 2.24) is 30.1 Å². The molecule has 1 aromatic heterocycles. The number of benzene rings is 1. The zero-order valence-electron chi connectivity index (χ0n) is 18.4. The SMILES string of the molecule is CC(C)(CO)NC(=O)n1nc2ccc(C(=O)N3CCN(C4CCCCC4)CC3)cc2n1. The van der Waals surface area contributed by atoms with E-state index in [9.17, 15) is 14.7 Å². The number of aliphatic hydroxyl groups is 1. The summed E-state index contributed by atoms with van der Waals surface area (Å²) in [5, 5.41) is 20.4. The highest BCUT2D eigenvalue weighted by Gasteiger charge is 2.28. The molecule has 0 radical (unpaired) electrons. The molecular formula is C22H32N6O3. The van der Waals surface area contributed by atoms with E-state index >= 15 is 0 Å². The van der Waals surface area contributed by atoms with E-state index in [0.29, 0.717) is 22.6 Å². The molecule has 9 nitrogen and oxygen atoms in total. The van der Waals surface area contributed by atoms with E-state index in [4.69, 9.17) is 0 Å². The van der Waals surface area contributed by atoms with Gasteiger partial charge in [0, 0.05) is 37.8 Å². The number of hydrogen-bond acceptors (Lipinski definition) is 6. The van der Waals surface area contributed by atoms with Crippen LogP contribution in [0.2, 0.25) is 0 Å². The molecule has 2 N–H and O–H groups in total. The van der Waals surface area contributed by atoms with Gasteiger partial charge in [0.1, 0.15) is 11.0 Å². The molecule has 0 atom stereocenters. The van der Waals surface area contributed by atoms with Gasteiger partial charge in [-0.25, -0.2) is 4.79 Å². The van der Waals surface area contributed by atoms with Crippen molar-refractivity contribution in [1.29, 1.82) is 0 Å². The summed E-state index contributed by atoms with van der Waals surface area (Å²) in [6.45, 7) is 6.53. The molecule has 9 heteroatoms. The van der Waals surface area contributed by atoms with E-state index in [1.807, 2.05) is 4.90 Å². The van der Waals surface area contributed by atoms with Crippen LogP contribution in [0.5, 0.6) is 0 Å². The second-order valence-corrected chi connectivity index (χ2v) is 9.29. The number of aromatic nitrogens is 3. The van der Waals surface area contributed by atoms with Crippen LogP contribution >= 0.6 is 0 Å². The van der Waals surface area contributed by atoms with E-state index in [2.05, 4.69) is 20.4 Å². The lowest BCUT2D eigenvalue weighted by Crippen LogP contribution is -2.52. The largest absolute Gasteiger partial charge is 0.394 e. The first-order valence-electron chi connectivity index (χ1n) is 11.2. The summed E-state index contributed by atoms with van der Waals surface area (Å²) in [6, 6.07) is 5.31. The quantitative estimate of drug-likeness (QED) is 0.770. The van der Waals surface area contributed by atoms with Crippen molar-refractivity contribution in [2.75, 3.05) is 32.8 Å². The standard InChI is InChI=1S/C22H32N6O3/c1-22(2,15-29)23-21(31)28-24-18-9-8-16(14-19(18)25-28)20(30)27-12-10-26(11-13-27)17-6-4-3-5-7-17/h8-9,14,17,29H,3-7,10-13,15H2,1-2H3,(H,23,31). The molecule has 1 aromatic carbocycles. The monoisotopic (exact) mass is 428 g/mol. The van der Waals surface area contributed by atoms with Crippen LogP contribution in [-0.4, -0.2) is 86.2 Å². The second-order valence-electron chi connectivity index (χ2n) is 9.29. The fourth-order valence-electron chi connectivity index (χ4n) is 4.44. The van der Waals surface area contributed by atoms with Gasteiger partial charge in [0.15, 0.2) is 0 Å². The Bertz CT molecular complexity index is 942. The number of amides is 2. The van der Waals surface area contributed by atoms with E-state index in [1.54, 1.807) is 32.0 Å². The average molecular weight is 429 g/mol. The summed E-state index contributed by atoms with van der Waals surface area (Å²) in [6.07, 6.45) is 6.55. The lowest BCUT2D eigenvalue weighted by atomic mass is 9.94. The molecule has 168 valence electrons. The predicted molar refractivity (Wildman–Crippen MR) is 117 cm³/mol. The first kappa shape index (κ1) is 21.7. The fraction of sp³-hybridized carbons (Fsp3) is 0.636. The summed E-state index contributed by atoms with van der Waals surface area (Å²) in [7, 11) is 0. The molecular weight excluding hydrogens is 396 g/mol. The number of piperazine rings is 1. The van der Waals surface area contributed by atoms with Crippen molar-refractivity contribution in [2.24, 2.45) is 0 Å². The van der Waals surface area contributed by atoms with Crippen LogP contribution in [0.15, 0.2) is 18.2 Å². The van der Waals surface area contributed by atoms with Crippen molar-refractivity contribution in [3.8, 4) is 0 Å². The Morgan fingerprint density at radius 3 is 2.42 bits per heavy atom. The summed E-state index contributed by atoms with van der Waals surface area (Å²) < 4.78 is 0. The van der Waals surface area contributed by atoms with Crippen molar-refractivity contribution < 1.29 is 14.7 Å². The topological polar surface area (TPSA) is 104 Å². The number of nitrogens with one attached hydrogen (secondary N) is 1. The van der Waals surface area contributed by atoms with Gasteiger partial charge in [0.05, 0.1) is 12.1 Å². The molecule has 1 aliphatic carbocycles. The molecule has 1 saturated heterocycles. The number of carbonyl (C=O) groups is 2. The second kappa shape index (κ2) is 8.92. The van der Waals surface area contributed by atoms with Crippen molar-refractivity contribution >= 4 is 23.0 Å². The van der Waals surface area contributed by atoms with Crippen molar-refractivity contribution in [3.63, 3.8) is 0 Å². The lowest BCUT2D eigenvalue weighted by Gasteiger charge is -2.40. The van der Waals surface area contributed by atoms with Gasteiger partial charge in [0.2, 0.25) is 0 Å². The molecule has 1 saturated carbocycles. The molecule has 0 unspecified atom stereocenters. The van der Waals surface area contributed by atoms with Crippen molar-refractivity contribution in [3.05, 3.63) is 23.8 Å². The first-order chi connectivity index (χ1) is 14.9. The lowest BCUT2D eigenvalue weighted by molar-refractivity contribution is 0.0523. The predicted octanol–water partition coefficient (Wildman–Crippen LogP) is 1.85. The molecule has 0 spiro atoms. The van der Waals surface area contributed by atoms with E-state index in [1.165, 1.54) is 32.1 Å². The maximum absolute atomic E-state index is 13.0. The third-order valence-electron chi connectivity index (χ3n) is 6.34. The molecule has 0 bridgehead atoms. The van der Waals surface area contributed by atoms with Gasteiger partial charge >= 0.3 is 6.03 Å². The summed E-state index contributed by atoms with van der Waals surface area (Å²) in [5.74, 6) is -0.00869. The number of rotatable bonds is 4. The van der Waals surface area contributed by atoms with Gasteiger partial charge in [0.25, 0.3) is 5.91 Å². The Morgan fingerprint density at radius 2 is 1.74 bits per heavy atom. The number of hydrogen-bond donors (Lipinski definition) is 2. The first-order valence-corrected chi connectivity index (χ1v) is 11.2. The number of fused-ring (bicyclic) bond motifs is 1. The van der Waals surface area contributed by atoms with Crippen LogP contribution in [0.3, 0.4) is 0 Å². The fourth-order valence-corrected chi connectivity index (χ4v) is 4.44.